The normalized spacial score (nSPS) is 18.8. The molecule has 2 heterocycles. The van der Waals surface area contributed by atoms with E-state index >= 15 is 0 Å². The Kier molecular flexibility index (Phi) is 6.71. The maximum atomic E-state index is 8.50. The average Bonchev–Trinajstić information content (AvgIpc) is 3.43. The van der Waals surface area contributed by atoms with Crippen molar-refractivity contribution in [2.45, 2.75) is 58.4 Å². The molecular weight excluding hydrogens is 368 g/mol. The molecule has 0 bridgehead atoms. The molecule has 158 valence electrons. The molecule has 0 saturated carbocycles. The fourth-order valence-electron chi connectivity index (χ4n) is 4.74. The number of aromatic amines is 1. The number of hydrogen-bond donors (Lipinski definition) is 3. The lowest BCUT2D eigenvalue weighted by Gasteiger charge is -2.17. The van der Waals surface area contributed by atoms with Crippen LogP contribution in [0.3, 0.4) is 0 Å². The van der Waals surface area contributed by atoms with E-state index in [1.807, 2.05) is 0 Å². The van der Waals surface area contributed by atoms with E-state index < -0.39 is 0 Å². The molecule has 3 N–H and O–H groups in total. The Morgan fingerprint density at radius 2 is 1.87 bits per heavy atom. The fourth-order valence-corrected chi connectivity index (χ4v) is 4.74. The molecule has 0 spiro atoms. The van der Waals surface area contributed by atoms with Crippen LogP contribution in [0, 0.1) is 13.8 Å². The second-order valence-electron chi connectivity index (χ2n) is 8.68. The first kappa shape index (κ1) is 20.9. The lowest BCUT2D eigenvalue weighted by atomic mass is 9.87. The van der Waals surface area contributed by atoms with E-state index in [4.69, 9.17) is 5.11 Å². The zero-order valence-electron chi connectivity index (χ0n) is 18.3. The molecule has 3 aromatic rings. The summed E-state index contributed by atoms with van der Waals surface area (Å²) in [6.07, 6.45) is 9.93. The summed E-state index contributed by atoms with van der Waals surface area (Å²) < 4.78 is 0. The van der Waals surface area contributed by atoms with Crippen molar-refractivity contribution in [2.24, 2.45) is 0 Å². The van der Waals surface area contributed by atoms with Gasteiger partial charge in [-0.25, -0.2) is 0 Å². The van der Waals surface area contributed by atoms with Crippen LogP contribution in [0.15, 0.2) is 48.5 Å². The summed E-state index contributed by atoms with van der Waals surface area (Å²) in [5.74, 6) is 0. The highest BCUT2D eigenvalue weighted by molar-refractivity contribution is 5.87. The summed E-state index contributed by atoms with van der Waals surface area (Å²) in [5, 5.41) is 13.0. The van der Waals surface area contributed by atoms with Gasteiger partial charge in [-0.15, -0.1) is 0 Å². The van der Waals surface area contributed by atoms with E-state index in [9.17, 15) is 0 Å². The Morgan fingerprint density at radius 1 is 1.00 bits per heavy atom. The minimum absolute atomic E-state index is 0.306. The van der Waals surface area contributed by atoms with Gasteiger partial charge in [-0.2, -0.15) is 0 Å². The number of H-pyrrole nitrogens is 1. The number of allylic oxidation sites excluding steroid dienone is 2. The van der Waals surface area contributed by atoms with Gasteiger partial charge in [0.25, 0.3) is 0 Å². The lowest BCUT2D eigenvalue weighted by Crippen LogP contribution is -2.24. The van der Waals surface area contributed by atoms with Crippen LogP contribution < -0.4 is 5.32 Å². The Hall–Kier alpha value is -2.36. The van der Waals surface area contributed by atoms with Crippen molar-refractivity contribution >= 4 is 16.5 Å². The molecule has 1 saturated heterocycles. The van der Waals surface area contributed by atoms with Crippen LogP contribution in [0.4, 0.5) is 0 Å². The molecule has 1 atom stereocenters. The summed E-state index contributed by atoms with van der Waals surface area (Å²) in [7, 11) is 0. The third-order valence-electron chi connectivity index (χ3n) is 6.42. The van der Waals surface area contributed by atoms with Gasteiger partial charge in [0, 0.05) is 22.6 Å². The molecule has 3 nitrogen and oxygen atoms in total. The van der Waals surface area contributed by atoms with Crippen LogP contribution in [0.25, 0.3) is 27.6 Å². The number of aliphatic hydroxyl groups is 1. The Morgan fingerprint density at radius 3 is 2.57 bits per heavy atom. The number of aliphatic hydroxyl groups excluding tert-OH is 1. The second kappa shape index (κ2) is 9.63. The van der Waals surface area contributed by atoms with Crippen LogP contribution in [0.1, 0.15) is 55.3 Å². The van der Waals surface area contributed by atoms with Gasteiger partial charge in [0.05, 0.1) is 6.61 Å². The quantitative estimate of drug-likeness (QED) is 0.493. The number of benzene rings is 2. The maximum absolute atomic E-state index is 8.50. The van der Waals surface area contributed by atoms with Crippen LogP contribution >= 0.6 is 0 Å². The fraction of sp³-hybridized carbons (Fsp3) is 0.407. The zero-order chi connectivity index (χ0) is 20.9. The number of fused-ring (bicyclic) bond motifs is 1. The topological polar surface area (TPSA) is 48.0 Å². The molecule has 3 heteroatoms. The minimum atomic E-state index is 0.306. The predicted molar refractivity (Wildman–Crippen MR) is 128 cm³/mol. The van der Waals surface area contributed by atoms with Gasteiger partial charge < -0.3 is 15.4 Å². The van der Waals surface area contributed by atoms with Crippen molar-refractivity contribution in [3.8, 4) is 11.1 Å². The molecule has 0 radical (unpaired) electrons. The Bertz CT molecular complexity index is 1020. The first-order valence-electron chi connectivity index (χ1n) is 11.4. The van der Waals surface area contributed by atoms with Gasteiger partial charge in [0.15, 0.2) is 0 Å². The standard InChI is InChI=1S/C22H23N.C5H11NO/c1-15-13-19-14-18(11-12-22(19)23-15)21-10-6-9-20(16(21)2)17-7-4-3-5-8-17;7-4-5-2-1-3-6-5/h6-7,9-14,23H,3-5,8H2,1-2H3;5-7H,1-4H2. The van der Waals surface area contributed by atoms with Gasteiger partial charge in [-0.05, 0) is 105 Å². The van der Waals surface area contributed by atoms with E-state index in [0.717, 1.165) is 13.0 Å². The van der Waals surface area contributed by atoms with Crippen LogP contribution in [-0.2, 0) is 0 Å². The van der Waals surface area contributed by atoms with Crippen molar-refractivity contribution < 1.29 is 5.11 Å². The van der Waals surface area contributed by atoms with Crippen LogP contribution in [0.5, 0.6) is 0 Å². The first-order chi connectivity index (χ1) is 14.7. The first-order valence-corrected chi connectivity index (χ1v) is 11.4. The molecule has 1 unspecified atom stereocenters. The molecule has 5 rings (SSSR count). The van der Waals surface area contributed by atoms with Crippen molar-refractivity contribution in [2.75, 3.05) is 13.2 Å². The van der Waals surface area contributed by atoms with E-state index in [2.05, 4.69) is 72.7 Å². The smallest absolute Gasteiger partial charge is 0.0584 e. The van der Waals surface area contributed by atoms with Gasteiger partial charge in [0.1, 0.15) is 0 Å². The molecule has 1 aromatic heterocycles. The summed E-state index contributed by atoms with van der Waals surface area (Å²) >= 11 is 0. The largest absolute Gasteiger partial charge is 0.395 e. The summed E-state index contributed by atoms with van der Waals surface area (Å²) in [4.78, 5) is 3.41. The third kappa shape index (κ3) is 4.69. The predicted octanol–water partition coefficient (Wildman–Crippen LogP) is 6.14. The SMILES string of the molecule is Cc1cc2cc(-c3cccc(C4=CCCCC4)c3C)ccc2[nH]1.OCC1CCCN1. The summed E-state index contributed by atoms with van der Waals surface area (Å²) in [5.41, 5.74) is 9.49. The van der Waals surface area contributed by atoms with Crippen LogP contribution in [0.2, 0.25) is 0 Å². The van der Waals surface area contributed by atoms with E-state index in [1.165, 1.54) is 76.5 Å². The van der Waals surface area contributed by atoms with Gasteiger partial charge >= 0.3 is 0 Å². The highest BCUT2D eigenvalue weighted by Crippen LogP contribution is 2.34. The monoisotopic (exact) mass is 402 g/mol. The van der Waals surface area contributed by atoms with Crippen molar-refractivity contribution in [3.63, 3.8) is 0 Å². The van der Waals surface area contributed by atoms with Crippen molar-refractivity contribution in [3.05, 3.63) is 65.4 Å². The molecule has 30 heavy (non-hydrogen) atoms. The molecule has 1 aliphatic carbocycles. The van der Waals surface area contributed by atoms with E-state index in [-0.39, 0.29) is 0 Å². The average molecular weight is 403 g/mol. The molecule has 2 aliphatic rings. The minimum Gasteiger partial charge on any atom is -0.395 e. The number of aromatic nitrogens is 1. The highest BCUT2D eigenvalue weighted by atomic mass is 16.3. The summed E-state index contributed by atoms with van der Waals surface area (Å²) in [6, 6.07) is 16.1. The number of hydrogen-bond acceptors (Lipinski definition) is 2. The second-order valence-corrected chi connectivity index (χ2v) is 8.68. The summed E-state index contributed by atoms with van der Waals surface area (Å²) in [6.45, 7) is 5.78. The molecule has 0 amide bonds. The highest BCUT2D eigenvalue weighted by Gasteiger charge is 2.13. The van der Waals surface area contributed by atoms with Crippen LogP contribution in [-0.4, -0.2) is 29.3 Å². The van der Waals surface area contributed by atoms with E-state index in [1.54, 1.807) is 0 Å². The van der Waals surface area contributed by atoms with Crippen molar-refractivity contribution in [1.82, 2.24) is 10.3 Å². The third-order valence-corrected chi connectivity index (χ3v) is 6.42. The number of nitrogens with one attached hydrogen (secondary N) is 2. The molecular formula is C27H34N2O. The Balaban J connectivity index is 0.000000265. The Labute approximate surface area is 180 Å². The van der Waals surface area contributed by atoms with E-state index in [0.29, 0.717) is 12.6 Å². The maximum Gasteiger partial charge on any atom is 0.0584 e. The molecule has 1 aliphatic heterocycles. The van der Waals surface area contributed by atoms with Gasteiger partial charge in [0.2, 0.25) is 0 Å². The van der Waals surface area contributed by atoms with Crippen molar-refractivity contribution in [1.29, 1.82) is 0 Å². The number of rotatable bonds is 3. The molecule has 1 fully saturated rings. The number of aryl methyl sites for hydroxylation is 1. The van der Waals surface area contributed by atoms with Gasteiger partial charge in [-0.1, -0.05) is 30.3 Å². The molecule has 2 aromatic carbocycles. The van der Waals surface area contributed by atoms with Gasteiger partial charge in [-0.3, -0.25) is 0 Å². The lowest BCUT2D eigenvalue weighted by molar-refractivity contribution is 0.255. The zero-order valence-corrected chi connectivity index (χ0v) is 18.3.